The van der Waals surface area contributed by atoms with E-state index < -0.39 is 24.0 Å². The second-order valence-electron chi connectivity index (χ2n) is 6.15. The first-order valence-corrected chi connectivity index (χ1v) is 9.35. The van der Waals surface area contributed by atoms with E-state index in [0.717, 1.165) is 28.4 Å². The highest BCUT2D eigenvalue weighted by Crippen LogP contribution is 2.34. The van der Waals surface area contributed by atoms with Crippen LogP contribution in [0.3, 0.4) is 0 Å². The van der Waals surface area contributed by atoms with Gasteiger partial charge in [-0.25, -0.2) is 13.8 Å². The van der Waals surface area contributed by atoms with Crippen LogP contribution in [0.2, 0.25) is 0 Å². The Morgan fingerprint density at radius 2 is 1.90 bits per heavy atom. The first kappa shape index (κ1) is 19.6. The highest BCUT2D eigenvalue weighted by atomic mass is 32.2. The van der Waals surface area contributed by atoms with Crippen LogP contribution >= 0.6 is 11.8 Å². The smallest absolute Gasteiger partial charge is 0.319 e. The number of imidazole rings is 1. The van der Waals surface area contributed by atoms with Crippen molar-refractivity contribution in [2.24, 2.45) is 0 Å². The van der Waals surface area contributed by atoms with Gasteiger partial charge in [-0.15, -0.1) is 10.2 Å². The van der Waals surface area contributed by atoms with Gasteiger partial charge in [-0.2, -0.15) is 22.8 Å². The maximum atomic E-state index is 13.1. The zero-order valence-corrected chi connectivity index (χ0v) is 15.7. The molecule has 1 aromatic carbocycles. The Labute approximate surface area is 164 Å². The Bertz CT molecular complexity index is 1180. The Hall–Kier alpha value is -2.76. The summed E-state index contributed by atoms with van der Waals surface area (Å²) in [6.07, 6.45) is -6.64. The van der Waals surface area contributed by atoms with Crippen molar-refractivity contribution >= 4 is 28.4 Å². The predicted octanol–water partition coefficient (Wildman–Crippen LogP) is 4.99. The number of halogens is 5. The molecule has 0 fully saturated rings. The fourth-order valence-electron chi connectivity index (χ4n) is 2.87. The second kappa shape index (κ2) is 7.25. The SMILES string of the molecule is CCCn1c(Sc2ccc3nnc(C(F)F)n3n2)nc2ccc(C(F)(F)F)cc21. The van der Waals surface area contributed by atoms with Crippen LogP contribution in [-0.2, 0) is 12.7 Å². The molecule has 0 spiro atoms. The fraction of sp³-hybridized carbons (Fsp3) is 0.294. The van der Waals surface area contributed by atoms with E-state index in [1.807, 2.05) is 6.92 Å². The molecule has 0 aliphatic carbocycles. The fourth-order valence-corrected chi connectivity index (χ4v) is 3.76. The van der Waals surface area contributed by atoms with Gasteiger partial charge in [-0.3, -0.25) is 0 Å². The minimum Gasteiger partial charge on any atom is -0.319 e. The van der Waals surface area contributed by atoms with Gasteiger partial charge in [0, 0.05) is 6.54 Å². The van der Waals surface area contributed by atoms with E-state index in [-0.39, 0.29) is 5.65 Å². The maximum Gasteiger partial charge on any atom is 0.416 e. The van der Waals surface area contributed by atoms with Crippen molar-refractivity contribution in [3.63, 3.8) is 0 Å². The average Bonchev–Trinajstić information content (AvgIpc) is 3.22. The first-order valence-electron chi connectivity index (χ1n) is 8.53. The third-order valence-corrected chi connectivity index (χ3v) is 5.06. The minimum atomic E-state index is -4.46. The third kappa shape index (κ3) is 3.63. The molecule has 0 saturated heterocycles. The molecule has 12 heteroatoms. The lowest BCUT2D eigenvalue weighted by Gasteiger charge is -2.09. The standard InChI is InChI=1S/C17H13F5N6S/c1-2-7-27-11-8-9(17(20,21)22)3-4-10(11)23-16(27)29-13-6-5-12-24-25-15(14(18)19)28(12)26-13/h3-6,8,14H,2,7H2,1H3. The van der Waals surface area contributed by atoms with Gasteiger partial charge in [0.15, 0.2) is 10.8 Å². The monoisotopic (exact) mass is 428 g/mol. The molecule has 0 saturated carbocycles. The second-order valence-corrected chi connectivity index (χ2v) is 7.14. The topological polar surface area (TPSA) is 60.9 Å². The van der Waals surface area contributed by atoms with Crippen LogP contribution in [-0.4, -0.2) is 29.4 Å². The summed E-state index contributed by atoms with van der Waals surface area (Å²) >= 11 is 1.07. The molecular weight excluding hydrogens is 415 g/mol. The number of aryl methyl sites for hydroxylation is 1. The molecule has 3 aromatic heterocycles. The summed E-state index contributed by atoms with van der Waals surface area (Å²) in [5, 5.41) is 11.9. The molecule has 6 nitrogen and oxygen atoms in total. The molecule has 0 amide bonds. The maximum absolute atomic E-state index is 13.1. The van der Waals surface area contributed by atoms with Crippen molar-refractivity contribution in [2.75, 3.05) is 0 Å². The minimum absolute atomic E-state index is 0.168. The molecule has 0 radical (unpaired) electrons. The van der Waals surface area contributed by atoms with Crippen LogP contribution < -0.4 is 0 Å². The van der Waals surface area contributed by atoms with Crippen molar-refractivity contribution in [3.05, 3.63) is 41.7 Å². The van der Waals surface area contributed by atoms with E-state index in [1.54, 1.807) is 10.6 Å². The van der Waals surface area contributed by atoms with Gasteiger partial charge in [0.25, 0.3) is 6.43 Å². The molecule has 152 valence electrons. The third-order valence-electron chi connectivity index (χ3n) is 4.14. The molecular formula is C17H13F5N6S. The molecule has 4 aromatic rings. The van der Waals surface area contributed by atoms with Gasteiger partial charge in [-0.05, 0) is 48.5 Å². The van der Waals surface area contributed by atoms with E-state index >= 15 is 0 Å². The molecule has 3 heterocycles. The van der Waals surface area contributed by atoms with Crippen LogP contribution in [0.1, 0.15) is 31.2 Å². The van der Waals surface area contributed by atoms with Crippen molar-refractivity contribution in [3.8, 4) is 0 Å². The molecule has 0 atom stereocenters. The van der Waals surface area contributed by atoms with Crippen molar-refractivity contribution < 1.29 is 22.0 Å². The molecule has 0 unspecified atom stereocenters. The van der Waals surface area contributed by atoms with Gasteiger partial charge in [0.2, 0.25) is 5.82 Å². The normalized spacial score (nSPS) is 12.5. The van der Waals surface area contributed by atoms with E-state index in [9.17, 15) is 22.0 Å². The van der Waals surface area contributed by atoms with Crippen molar-refractivity contribution in [1.29, 1.82) is 0 Å². The predicted molar refractivity (Wildman–Crippen MR) is 94.9 cm³/mol. The van der Waals surface area contributed by atoms with Gasteiger partial charge in [0.05, 0.1) is 16.6 Å². The van der Waals surface area contributed by atoms with Gasteiger partial charge in [-0.1, -0.05) is 6.92 Å². The Morgan fingerprint density at radius 1 is 1.10 bits per heavy atom. The number of aromatic nitrogens is 6. The van der Waals surface area contributed by atoms with Crippen LogP contribution in [0, 0.1) is 0 Å². The summed E-state index contributed by atoms with van der Waals surface area (Å²) in [6, 6.07) is 6.42. The molecule has 0 N–H and O–H groups in total. The lowest BCUT2D eigenvalue weighted by molar-refractivity contribution is -0.137. The number of hydrogen-bond acceptors (Lipinski definition) is 5. The number of rotatable bonds is 5. The lowest BCUT2D eigenvalue weighted by Crippen LogP contribution is -2.05. The number of fused-ring (bicyclic) bond motifs is 2. The van der Waals surface area contributed by atoms with Gasteiger partial charge >= 0.3 is 6.18 Å². The molecule has 0 bridgehead atoms. The largest absolute Gasteiger partial charge is 0.416 e. The molecule has 0 aliphatic rings. The highest BCUT2D eigenvalue weighted by molar-refractivity contribution is 7.99. The molecule has 0 aliphatic heterocycles. The van der Waals surface area contributed by atoms with E-state index in [0.29, 0.717) is 34.2 Å². The number of hydrogen-bond donors (Lipinski definition) is 0. The van der Waals surface area contributed by atoms with Crippen LogP contribution in [0.25, 0.3) is 16.7 Å². The van der Waals surface area contributed by atoms with Crippen molar-refractivity contribution in [2.45, 2.75) is 42.7 Å². The van der Waals surface area contributed by atoms with Gasteiger partial charge < -0.3 is 4.57 Å². The quantitative estimate of drug-likeness (QED) is 0.419. The summed E-state index contributed by atoms with van der Waals surface area (Å²) in [5.41, 5.74) is 0.168. The Balaban J connectivity index is 1.78. The summed E-state index contributed by atoms with van der Waals surface area (Å²) in [7, 11) is 0. The summed E-state index contributed by atoms with van der Waals surface area (Å²) in [6.45, 7) is 2.33. The van der Waals surface area contributed by atoms with E-state index in [1.165, 1.54) is 12.1 Å². The van der Waals surface area contributed by atoms with Crippen LogP contribution in [0.4, 0.5) is 22.0 Å². The van der Waals surface area contributed by atoms with Gasteiger partial charge in [0.1, 0.15) is 5.03 Å². The zero-order valence-electron chi connectivity index (χ0n) is 14.9. The van der Waals surface area contributed by atoms with E-state index in [4.69, 9.17) is 0 Å². The number of benzene rings is 1. The Kier molecular flexibility index (Phi) is 4.89. The number of alkyl halides is 5. The highest BCUT2D eigenvalue weighted by Gasteiger charge is 2.31. The average molecular weight is 428 g/mol. The summed E-state index contributed by atoms with van der Waals surface area (Å²) in [5.74, 6) is -0.584. The zero-order chi connectivity index (χ0) is 20.8. The first-order chi connectivity index (χ1) is 13.8. The molecule has 4 rings (SSSR count). The summed E-state index contributed by atoms with van der Waals surface area (Å²) < 4.78 is 68.0. The van der Waals surface area contributed by atoms with Crippen LogP contribution in [0.5, 0.6) is 0 Å². The summed E-state index contributed by atoms with van der Waals surface area (Å²) in [4.78, 5) is 4.40. The van der Waals surface area contributed by atoms with Crippen LogP contribution in [0.15, 0.2) is 40.5 Å². The lowest BCUT2D eigenvalue weighted by atomic mass is 10.2. The Morgan fingerprint density at radius 3 is 2.59 bits per heavy atom. The van der Waals surface area contributed by atoms with Crippen molar-refractivity contribution in [1.82, 2.24) is 29.4 Å². The molecule has 29 heavy (non-hydrogen) atoms. The number of nitrogens with zero attached hydrogens (tertiary/aromatic N) is 6. The van der Waals surface area contributed by atoms with E-state index in [2.05, 4.69) is 20.3 Å².